The number of carboxylic acid groups (broad SMARTS) is 1. The van der Waals surface area contributed by atoms with E-state index in [0.717, 1.165) is 20.8 Å². The second-order valence-electron chi connectivity index (χ2n) is 9.76. The van der Waals surface area contributed by atoms with Crippen LogP contribution in [0.15, 0.2) is 96.0 Å². The quantitative estimate of drug-likeness (QED) is 0.223. The lowest BCUT2D eigenvalue weighted by Gasteiger charge is -2.14. The Kier molecular flexibility index (Phi) is 7.89. The van der Waals surface area contributed by atoms with Crippen molar-refractivity contribution in [2.24, 2.45) is 5.73 Å². The van der Waals surface area contributed by atoms with Gasteiger partial charge in [0.05, 0.1) is 35.7 Å². The molecule has 5 rings (SSSR count). The van der Waals surface area contributed by atoms with Crippen LogP contribution < -0.4 is 10.5 Å². The summed E-state index contributed by atoms with van der Waals surface area (Å²) >= 11 is 0. The van der Waals surface area contributed by atoms with Gasteiger partial charge in [0.1, 0.15) is 12.4 Å². The molecule has 0 bridgehead atoms. The van der Waals surface area contributed by atoms with Crippen molar-refractivity contribution in [1.29, 1.82) is 0 Å². The van der Waals surface area contributed by atoms with Crippen molar-refractivity contribution in [3.05, 3.63) is 113 Å². The van der Waals surface area contributed by atoms with Gasteiger partial charge in [-0.25, -0.2) is 0 Å². The predicted octanol–water partition coefficient (Wildman–Crippen LogP) is 4.45. The van der Waals surface area contributed by atoms with E-state index >= 15 is 0 Å². The van der Waals surface area contributed by atoms with Crippen molar-refractivity contribution in [3.63, 3.8) is 0 Å². The molecule has 0 fully saturated rings. The molecule has 0 radical (unpaired) electrons. The van der Waals surface area contributed by atoms with E-state index in [4.69, 9.17) is 10.5 Å². The standard InChI is InChI=1S/C31H29N3O6S/c1-20-9-11-26(12-10-20)41(38,39)34-29-15-24(21-6-4-7-22(13-21)28(32)18-35)14-25(27(29)17-33-34)19-40-30-8-3-2-5-23(30)16-31(36)37/h2-15,17,28,35H,16,18-19,32H2,1H3,(H,36,37)/t28-/m1/s1. The molecular formula is C31H29N3O6S. The van der Waals surface area contributed by atoms with Crippen LogP contribution in [0.4, 0.5) is 0 Å². The third kappa shape index (κ3) is 5.85. The maximum atomic E-state index is 13.7. The fraction of sp³-hybridized carbons (Fsp3) is 0.161. The largest absolute Gasteiger partial charge is 0.489 e. The van der Waals surface area contributed by atoms with E-state index < -0.39 is 22.0 Å². The molecule has 10 heteroatoms. The summed E-state index contributed by atoms with van der Waals surface area (Å²) in [6.07, 6.45) is 1.29. The smallest absolute Gasteiger partial charge is 0.307 e. The number of aliphatic carboxylic acids is 1. The molecule has 0 aliphatic carbocycles. The molecule has 0 amide bonds. The molecule has 0 saturated heterocycles. The van der Waals surface area contributed by atoms with Gasteiger partial charge in [-0.15, -0.1) is 0 Å². The molecule has 210 valence electrons. The highest BCUT2D eigenvalue weighted by molar-refractivity contribution is 7.90. The molecule has 1 heterocycles. The Balaban J connectivity index is 1.64. The molecule has 0 saturated carbocycles. The number of aliphatic hydroxyl groups is 1. The average molecular weight is 572 g/mol. The van der Waals surface area contributed by atoms with Gasteiger partial charge in [-0.3, -0.25) is 4.79 Å². The van der Waals surface area contributed by atoms with Crippen molar-refractivity contribution in [2.75, 3.05) is 6.61 Å². The summed E-state index contributed by atoms with van der Waals surface area (Å²) in [5.41, 5.74) is 10.7. The number of aryl methyl sites for hydroxylation is 1. The first-order valence-electron chi connectivity index (χ1n) is 12.9. The first-order valence-corrected chi connectivity index (χ1v) is 14.3. The molecule has 1 atom stereocenters. The second kappa shape index (κ2) is 11.5. The molecule has 4 aromatic carbocycles. The Hall–Kier alpha value is -4.51. The number of hydrogen-bond donors (Lipinski definition) is 3. The fourth-order valence-electron chi connectivity index (χ4n) is 4.63. The van der Waals surface area contributed by atoms with Crippen molar-refractivity contribution in [2.45, 2.75) is 30.9 Å². The Morgan fingerprint density at radius 3 is 2.46 bits per heavy atom. The molecule has 0 unspecified atom stereocenters. The Morgan fingerprint density at radius 1 is 0.976 bits per heavy atom. The summed E-state index contributed by atoms with van der Waals surface area (Å²) < 4.78 is 34.4. The topological polar surface area (TPSA) is 145 Å². The van der Waals surface area contributed by atoms with E-state index in [-0.39, 0.29) is 24.5 Å². The average Bonchev–Trinajstić information content (AvgIpc) is 3.41. The Bertz CT molecular complexity index is 1830. The van der Waals surface area contributed by atoms with Crippen LogP contribution in [0.25, 0.3) is 22.0 Å². The molecule has 0 aliphatic rings. The minimum atomic E-state index is -4.02. The highest BCUT2D eigenvalue weighted by Crippen LogP contribution is 2.32. The van der Waals surface area contributed by atoms with E-state index in [2.05, 4.69) is 5.10 Å². The third-order valence-corrected chi connectivity index (χ3v) is 8.44. The van der Waals surface area contributed by atoms with E-state index in [0.29, 0.717) is 33.3 Å². The minimum Gasteiger partial charge on any atom is -0.489 e. The summed E-state index contributed by atoms with van der Waals surface area (Å²) in [4.78, 5) is 11.5. The SMILES string of the molecule is Cc1ccc(S(=O)(=O)n2ncc3c(COc4ccccc4CC(=O)O)cc(-c4cccc([C@H](N)CO)c4)cc32)cc1. The lowest BCUT2D eigenvalue weighted by atomic mass is 9.97. The second-order valence-corrected chi connectivity index (χ2v) is 11.5. The van der Waals surface area contributed by atoms with Gasteiger partial charge in [0.25, 0.3) is 10.0 Å². The molecule has 1 aromatic heterocycles. The van der Waals surface area contributed by atoms with Gasteiger partial charge in [0.15, 0.2) is 0 Å². The van der Waals surface area contributed by atoms with E-state index in [1.165, 1.54) is 6.20 Å². The summed E-state index contributed by atoms with van der Waals surface area (Å²) in [5.74, 6) is -0.557. The summed E-state index contributed by atoms with van der Waals surface area (Å²) in [7, 11) is -4.02. The maximum Gasteiger partial charge on any atom is 0.307 e. The summed E-state index contributed by atoms with van der Waals surface area (Å²) in [5, 5.41) is 23.7. The van der Waals surface area contributed by atoms with Gasteiger partial charge in [0.2, 0.25) is 0 Å². The zero-order chi connectivity index (χ0) is 29.1. The highest BCUT2D eigenvalue weighted by Gasteiger charge is 2.23. The molecule has 0 spiro atoms. The van der Waals surface area contributed by atoms with Crippen LogP contribution in [0.5, 0.6) is 5.75 Å². The maximum absolute atomic E-state index is 13.7. The first kappa shape index (κ1) is 28.0. The van der Waals surface area contributed by atoms with E-state index in [1.807, 2.05) is 37.3 Å². The zero-order valence-electron chi connectivity index (χ0n) is 22.3. The van der Waals surface area contributed by atoms with Crippen LogP contribution in [-0.2, 0) is 27.8 Å². The molecular weight excluding hydrogens is 542 g/mol. The number of nitrogens with zero attached hydrogens (tertiary/aromatic N) is 2. The number of fused-ring (bicyclic) bond motifs is 1. The number of para-hydroxylation sites is 1. The Labute approximate surface area is 237 Å². The Morgan fingerprint density at radius 2 is 1.73 bits per heavy atom. The van der Waals surface area contributed by atoms with Crippen LogP contribution in [0.1, 0.15) is 28.3 Å². The van der Waals surface area contributed by atoms with Gasteiger partial charge in [-0.2, -0.15) is 17.6 Å². The molecule has 0 aliphatic heterocycles. The fourth-order valence-corrected chi connectivity index (χ4v) is 5.89. The molecule has 4 N–H and O–H groups in total. The van der Waals surface area contributed by atoms with Gasteiger partial charge < -0.3 is 20.7 Å². The number of aliphatic hydroxyl groups excluding tert-OH is 1. The number of rotatable bonds is 10. The third-order valence-electron chi connectivity index (χ3n) is 6.83. The normalized spacial score (nSPS) is 12.4. The van der Waals surface area contributed by atoms with Gasteiger partial charge in [-0.1, -0.05) is 54.1 Å². The zero-order valence-corrected chi connectivity index (χ0v) is 23.1. The highest BCUT2D eigenvalue weighted by atomic mass is 32.2. The summed E-state index contributed by atoms with van der Waals surface area (Å²) in [6.45, 7) is 1.69. The van der Waals surface area contributed by atoms with Crippen LogP contribution in [0.3, 0.4) is 0 Å². The number of benzene rings is 4. The number of nitrogens with two attached hydrogens (primary N) is 1. The van der Waals surface area contributed by atoms with Crippen molar-refractivity contribution >= 4 is 26.9 Å². The van der Waals surface area contributed by atoms with Crippen LogP contribution >= 0.6 is 0 Å². The van der Waals surface area contributed by atoms with Crippen LogP contribution in [-0.4, -0.2) is 40.4 Å². The van der Waals surface area contributed by atoms with Crippen LogP contribution in [0.2, 0.25) is 0 Å². The van der Waals surface area contributed by atoms with Crippen molar-refractivity contribution in [1.82, 2.24) is 9.19 Å². The molecule has 9 nitrogen and oxygen atoms in total. The predicted molar refractivity (Wildman–Crippen MR) is 155 cm³/mol. The molecule has 5 aromatic rings. The summed E-state index contributed by atoms with van der Waals surface area (Å²) in [6, 6.07) is 23.9. The van der Waals surface area contributed by atoms with Crippen LogP contribution in [0, 0.1) is 6.92 Å². The number of aromatic nitrogens is 2. The van der Waals surface area contributed by atoms with Gasteiger partial charge >= 0.3 is 5.97 Å². The number of carbonyl (C=O) groups is 1. The lowest BCUT2D eigenvalue weighted by Crippen LogP contribution is -2.14. The van der Waals surface area contributed by atoms with E-state index in [1.54, 1.807) is 54.6 Å². The monoisotopic (exact) mass is 571 g/mol. The first-order chi connectivity index (χ1) is 19.7. The number of carboxylic acids is 1. The van der Waals surface area contributed by atoms with Gasteiger partial charge in [0, 0.05) is 16.5 Å². The lowest BCUT2D eigenvalue weighted by molar-refractivity contribution is -0.136. The van der Waals surface area contributed by atoms with Crippen molar-refractivity contribution < 1.29 is 28.2 Å². The number of hydrogen-bond acceptors (Lipinski definition) is 7. The van der Waals surface area contributed by atoms with Crippen molar-refractivity contribution in [3.8, 4) is 16.9 Å². The van der Waals surface area contributed by atoms with E-state index in [9.17, 15) is 23.4 Å². The molecule has 41 heavy (non-hydrogen) atoms. The minimum absolute atomic E-state index is 0.0348. The number of ether oxygens (including phenoxy) is 1. The van der Waals surface area contributed by atoms with Gasteiger partial charge in [-0.05, 0) is 60.0 Å².